The lowest BCUT2D eigenvalue weighted by Gasteiger charge is -2.25. The Balaban J connectivity index is 2.54. The zero-order chi connectivity index (χ0) is 16.0. The Bertz CT molecular complexity index is 365. The molecule has 1 rings (SSSR count). The van der Waals surface area contributed by atoms with E-state index in [1.54, 1.807) is 0 Å². The molecule has 1 saturated heterocycles. The van der Waals surface area contributed by atoms with Gasteiger partial charge in [-0.3, -0.25) is 4.79 Å². The molecule has 1 amide bonds. The van der Waals surface area contributed by atoms with E-state index in [4.69, 9.17) is 9.84 Å². The fraction of sp³-hybridized carbons (Fsp3) is 0.867. The molecule has 2 atom stereocenters. The second-order valence-corrected chi connectivity index (χ2v) is 6.88. The van der Waals surface area contributed by atoms with E-state index in [1.807, 2.05) is 27.8 Å². The minimum absolute atomic E-state index is 0.0994. The molecule has 0 aromatic carbocycles. The van der Waals surface area contributed by atoms with Crippen molar-refractivity contribution in [3.8, 4) is 0 Å². The minimum Gasteiger partial charge on any atom is -0.481 e. The summed E-state index contributed by atoms with van der Waals surface area (Å²) in [7, 11) is 2.04. The number of nitrogens with zero attached hydrogens (tertiary/aromatic N) is 1. The average molecular weight is 300 g/mol. The molecular formula is C15H28N2O4. The van der Waals surface area contributed by atoms with E-state index >= 15 is 0 Å². The molecule has 122 valence electrons. The maximum absolute atomic E-state index is 11.7. The lowest BCUT2D eigenvalue weighted by Crippen LogP contribution is -2.37. The summed E-state index contributed by atoms with van der Waals surface area (Å²) in [5.41, 5.74) is -0.520. The molecule has 6 nitrogen and oxygen atoms in total. The summed E-state index contributed by atoms with van der Waals surface area (Å²) in [5, 5.41) is 11.8. The van der Waals surface area contributed by atoms with E-state index in [9.17, 15) is 9.59 Å². The molecule has 0 unspecified atom stereocenters. The Morgan fingerprint density at radius 2 is 1.81 bits per heavy atom. The molecule has 0 spiro atoms. The average Bonchev–Trinajstić information content (AvgIpc) is 2.47. The van der Waals surface area contributed by atoms with Gasteiger partial charge in [-0.2, -0.15) is 0 Å². The van der Waals surface area contributed by atoms with Gasteiger partial charge in [0.05, 0.1) is 0 Å². The normalized spacial score (nSPS) is 24.2. The molecule has 2 N–H and O–H groups in total. The lowest BCUT2D eigenvalue weighted by molar-refractivity contribution is -0.138. The van der Waals surface area contributed by atoms with Crippen molar-refractivity contribution < 1.29 is 19.4 Å². The van der Waals surface area contributed by atoms with Gasteiger partial charge in [0, 0.05) is 13.0 Å². The zero-order valence-corrected chi connectivity index (χ0v) is 13.5. The summed E-state index contributed by atoms with van der Waals surface area (Å²) in [5.74, 6) is -0.493. The number of alkyl carbamates (subject to hydrolysis) is 1. The molecular weight excluding hydrogens is 272 g/mol. The van der Waals surface area contributed by atoms with Gasteiger partial charge in [-0.25, -0.2) is 4.79 Å². The van der Waals surface area contributed by atoms with Gasteiger partial charge in [0.2, 0.25) is 0 Å². The van der Waals surface area contributed by atoms with Crippen LogP contribution in [0, 0.1) is 11.8 Å². The van der Waals surface area contributed by atoms with Crippen LogP contribution in [-0.2, 0) is 9.53 Å². The van der Waals surface area contributed by atoms with Crippen molar-refractivity contribution in [2.75, 3.05) is 26.7 Å². The highest BCUT2D eigenvalue weighted by Gasteiger charge is 2.28. The molecule has 0 saturated carbocycles. The summed E-state index contributed by atoms with van der Waals surface area (Å²) in [6.07, 6.45) is 1.47. The van der Waals surface area contributed by atoms with Crippen LogP contribution in [-0.4, -0.2) is 54.4 Å². The van der Waals surface area contributed by atoms with E-state index in [0.29, 0.717) is 6.54 Å². The number of carboxylic acid groups (broad SMARTS) is 1. The lowest BCUT2D eigenvalue weighted by atomic mass is 9.85. The highest BCUT2D eigenvalue weighted by Crippen LogP contribution is 2.26. The topological polar surface area (TPSA) is 78.9 Å². The Kier molecular flexibility index (Phi) is 6.45. The first-order valence-electron chi connectivity index (χ1n) is 7.54. The molecule has 0 radical (unpaired) electrons. The van der Waals surface area contributed by atoms with Crippen LogP contribution in [0.3, 0.4) is 0 Å². The van der Waals surface area contributed by atoms with Crippen LogP contribution >= 0.6 is 0 Å². The Hall–Kier alpha value is -1.30. The van der Waals surface area contributed by atoms with E-state index in [0.717, 1.165) is 25.9 Å². The summed E-state index contributed by atoms with van der Waals surface area (Å²) in [4.78, 5) is 24.9. The van der Waals surface area contributed by atoms with E-state index in [1.165, 1.54) is 0 Å². The first-order chi connectivity index (χ1) is 9.67. The number of hydrogen-bond donors (Lipinski definition) is 2. The number of carbonyl (C=O) groups is 2. The summed E-state index contributed by atoms with van der Waals surface area (Å²) < 4.78 is 5.22. The molecule has 0 aliphatic carbocycles. The first kappa shape index (κ1) is 17.8. The SMILES string of the molecule is CN1CC[C@H](CC(=O)O)[C@H](CNC(=O)OC(C)(C)C)CC1. The molecule has 21 heavy (non-hydrogen) atoms. The highest BCUT2D eigenvalue weighted by atomic mass is 16.6. The molecule has 6 heteroatoms. The predicted octanol–water partition coefficient (Wildman–Crippen LogP) is 1.94. The predicted molar refractivity (Wildman–Crippen MR) is 80.2 cm³/mol. The van der Waals surface area contributed by atoms with Crippen molar-refractivity contribution in [2.45, 2.75) is 45.6 Å². The zero-order valence-electron chi connectivity index (χ0n) is 13.5. The molecule has 0 bridgehead atoms. The van der Waals surface area contributed by atoms with Crippen molar-refractivity contribution in [1.29, 1.82) is 0 Å². The molecule has 0 aromatic heterocycles. The second kappa shape index (κ2) is 7.64. The van der Waals surface area contributed by atoms with Crippen LogP contribution in [0.1, 0.15) is 40.0 Å². The third-order valence-corrected chi connectivity index (χ3v) is 3.77. The van der Waals surface area contributed by atoms with Crippen LogP contribution in [0.2, 0.25) is 0 Å². The number of rotatable bonds is 4. The number of aliphatic carboxylic acids is 1. The number of ether oxygens (including phenoxy) is 1. The summed E-state index contributed by atoms with van der Waals surface area (Å²) >= 11 is 0. The first-order valence-corrected chi connectivity index (χ1v) is 7.54. The number of hydrogen-bond acceptors (Lipinski definition) is 4. The quantitative estimate of drug-likeness (QED) is 0.829. The van der Waals surface area contributed by atoms with Crippen molar-refractivity contribution in [1.82, 2.24) is 10.2 Å². The molecule has 1 fully saturated rings. The van der Waals surface area contributed by atoms with Gasteiger partial charge >= 0.3 is 12.1 Å². The van der Waals surface area contributed by atoms with Gasteiger partial charge in [-0.05, 0) is 65.6 Å². The van der Waals surface area contributed by atoms with Crippen molar-refractivity contribution in [3.63, 3.8) is 0 Å². The van der Waals surface area contributed by atoms with Gasteiger partial charge in [0.15, 0.2) is 0 Å². The Morgan fingerprint density at radius 1 is 1.24 bits per heavy atom. The fourth-order valence-electron chi connectivity index (χ4n) is 2.65. The largest absolute Gasteiger partial charge is 0.481 e. The van der Waals surface area contributed by atoms with Gasteiger partial charge in [0.25, 0.3) is 0 Å². The summed E-state index contributed by atoms with van der Waals surface area (Å²) in [6, 6.07) is 0. The van der Waals surface area contributed by atoms with E-state index < -0.39 is 17.7 Å². The Labute approximate surface area is 126 Å². The number of amides is 1. The number of carboxylic acids is 1. The molecule has 1 aliphatic heterocycles. The summed E-state index contributed by atoms with van der Waals surface area (Å²) in [6.45, 7) is 7.76. The minimum atomic E-state index is -0.771. The maximum atomic E-state index is 11.7. The van der Waals surface area contributed by atoms with Gasteiger partial charge in [-0.1, -0.05) is 0 Å². The molecule has 1 heterocycles. The van der Waals surface area contributed by atoms with E-state index in [2.05, 4.69) is 10.2 Å². The monoisotopic (exact) mass is 300 g/mol. The van der Waals surface area contributed by atoms with Crippen LogP contribution in [0.4, 0.5) is 4.79 Å². The van der Waals surface area contributed by atoms with Crippen LogP contribution < -0.4 is 5.32 Å². The van der Waals surface area contributed by atoms with Crippen LogP contribution in [0.15, 0.2) is 0 Å². The van der Waals surface area contributed by atoms with Crippen LogP contribution in [0.5, 0.6) is 0 Å². The third kappa shape index (κ3) is 7.32. The fourth-order valence-corrected chi connectivity index (χ4v) is 2.65. The van der Waals surface area contributed by atoms with Gasteiger partial charge in [-0.15, -0.1) is 0 Å². The van der Waals surface area contributed by atoms with Crippen molar-refractivity contribution in [2.24, 2.45) is 11.8 Å². The Morgan fingerprint density at radius 3 is 2.33 bits per heavy atom. The standard InChI is InChI=1S/C15H28N2O4/c1-15(2,3)21-14(20)16-10-12-6-8-17(4)7-5-11(12)9-13(18)19/h11-12H,5-10H2,1-4H3,(H,16,20)(H,18,19)/t11-,12+/m1/s1. The highest BCUT2D eigenvalue weighted by molar-refractivity contribution is 5.68. The molecule has 1 aliphatic rings. The third-order valence-electron chi connectivity index (χ3n) is 3.77. The van der Waals surface area contributed by atoms with Gasteiger partial charge in [0.1, 0.15) is 5.60 Å². The molecule has 0 aromatic rings. The smallest absolute Gasteiger partial charge is 0.407 e. The number of nitrogens with one attached hydrogen (secondary N) is 1. The van der Waals surface area contributed by atoms with Gasteiger partial charge < -0.3 is 20.1 Å². The number of likely N-dealkylation sites (tertiary alicyclic amines) is 1. The van der Waals surface area contributed by atoms with Crippen molar-refractivity contribution in [3.05, 3.63) is 0 Å². The van der Waals surface area contributed by atoms with E-state index in [-0.39, 0.29) is 18.3 Å². The van der Waals surface area contributed by atoms with Crippen LogP contribution in [0.25, 0.3) is 0 Å². The maximum Gasteiger partial charge on any atom is 0.407 e. The number of carbonyl (C=O) groups excluding carboxylic acids is 1. The van der Waals surface area contributed by atoms with Crippen molar-refractivity contribution >= 4 is 12.1 Å². The second-order valence-electron chi connectivity index (χ2n) is 6.88.